The Morgan fingerprint density at radius 1 is 0.233 bits per heavy atom. The van der Waals surface area contributed by atoms with Crippen LogP contribution in [-0.2, 0) is 0 Å². The molecule has 0 bridgehead atoms. The van der Waals surface area contributed by atoms with Crippen LogP contribution in [0, 0.1) is 0 Å². The lowest BCUT2D eigenvalue weighted by atomic mass is 10.2. The number of benzene rings is 6. The van der Waals surface area contributed by atoms with Crippen molar-refractivity contribution in [3.63, 3.8) is 0 Å². The minimum Gasteiger partial charge on any atom is -0.478 e. The minimum absolute atomic E-state index is 0.155. The lowest BCUT2D eigenvalue weighted by molar-refractivity contribution is 0.0687. The van der Waals surface area contributed by atoms with Crippen molar-refractivity contribution < 1.29 is 59.4 Å². The van der Waals surface area contributed by atoms with E-state index in [1.54, 1.807) is 109 Å². The maximum atomic E-state index is 10.3. The molecule has 0 unspecified atom stereocenters. The molecule has 60 heavy (non-hydrogen) atoms. The molecule has 0 heterocycles. The Morgan fingerprint density at radius 2 is 0.333 bits per heavy atom. The molecule has 6 aromatic carbocycles. The number of para-hydroxylation sites is 6. The van der Waals surface area contributed by atoms with Gasteiger partial charge in [0.25, 0.3) is 0 Å². The second-order valence-electron chi connectivity index (χ2n) is 11.4. The molecule has 0 saturated heterocycles. The highest BCUT2D eigenvalue weighted by molar-refractivity contribution is 5.96. The van der Waals surface area contributed by atoms with E-state index < -0.39 is 35.8 Å². The van der Waals surface area contributed by atoms with E-state index >= 15 is 0 Å². The van der Waals surface area contributed by atoms with Crippen LogP contribution in [0.4, 0.5) is 34.1 Å². The summed E-state index contributed by atoms with van der Waals surface area (Å²) in [6, 6.07) is 38.2. The Bertz CT molecular complexity index is 1980. The topological polar surface area (TPSA) is 380 Å². The van der Waals surface area contributed by atoms with Crippen molar-refractivity contribution in [3.05, 3.63) is 179 Å². The third-order valence-corrected chi connectivity index (χ3v) is 7.15. The van der Waals surface area contributed by atoms with E-state index in [0.29, 0.717) is 34.1 Å². The summed E-state index contributed by atoms with van der Waals surface area (Å²) in [6.45, 7) is 0. The van der Waals surface area contributed by atoms with Gasteiger partial charge in [-0.2, -0.15) is 0 Å². The Morgan fingerprint density at radius 3 is 0.400 bits per heavy atom. The summed E-state index contributed by atoms with van der Waals surface area (Å²) in [6.07, 6.45) is 0. The Balaban J connectivity index is 0.000000360. The van der Waals surface area contributed by atoms with Crippen molar-refractivity contribution in [3.8, 4) is 0 Å². The van der Waals surface area contributed by atoms with Crippen LogP contribution in [0.5, 0.6) is 0 Å². The lowest BCUT2D eigenvalue weighted by Crippen LogP contribution is -2.00. The predicted octanol–water partition coefficient (Wildman–Crippen LogP) is 5.80. The molecule has 18 heteroatoms. The number of nitrogen functional groups attached to an aromatic ring is 6. The highest BCUT2D eigenvalue weighted by atomic mass is 16.4. The van der Waals surface area contributed by atoms with Crippen LogP contribution in [0.3, 0.4) is 0 Å². The van der Waals surface area contributed by atoms with E-state index in [0.717, 1.165) is 0 Å². The summed E-state index contributed by atoms with van der Waals surface area (Å²) in [5, 5.41) is 50.9. The van der Waals surface area contributed by atoms with Crippen LogP contribution in [0.15, 0.2) is 146 Å². The first-order valence-electron chi connectivity index (χ1n) is 16.8. The molecule has 0 aromatic heterocycles. The average molecular weight is 823 g/mol. The molecule has 0 amide bonds. The number of rotatable bonds is 6. The summed E-state index contributed by atoms with van der Waals surface area (Å²) >= 11 is 0. The van der Waals surface area contributed by atoms with Crippen molar-refractivity contribution in [1.29, 1.82) is 0 Å². The van der Waals surface area contributed by atoms with Crippen molar-refractivity contribution in [2.75, 3.05) is 34.4 Å². The zero-order valence-electron chi connectivity index (χ0n) is 31.5. The van der Waals surface area contributed by atoms with E-state index in [2.05, 4.69) is 0 Å². The molecule has 0 aliphatic heterocycles. The maximum absolute atomic E-state index is 10.3. The zero-order valence-corrected chi connectivity index (χ0v) is 31.5. The summed E-state index contributed by atoms with van der Waals surface area (Å²) in [5.41, 5.74) is 34.8. The molecule has 0 saturated carbocycles. The molecule has 18 nitrogen and oxygen atoms in total. The van der Waals surface area contributed by atoms with Crippen LogP contribution >= 0.6 is 0 Å². The van der Waals surface area contributed by atoms with E-state index in [1.807, 2.05) is 0 Å². The van der Waals surface area contributed by atoms with Crippen LogP contribution in [0.1, 0.15) is 62.1 Å². The van der Waals surface area contributed by atoms with Crippen LogP contribution in [-0.4, -0.2) is 66.5 Å². The number of anilines is 6. The normalized spacial score (nSPS) is 9.20. The molecule has 0 spiro atoms. The smallest absolute Gasteiger partial charge is 0.337 e. The van der Waals surface area contributed by atoms with Crippen LogP contribution < -0.4 is 34.4 Å². The number of hydrogen-bond acceptors (Lipinski definition) is 12. The summed E-state index contributed by atoms with van der Waals surface area (Å²) in [5.74, 6) is -5.93. The Hall–Kier alpha value is -9.06. The van der Waals surface area contributed by atoms with E-state index in [1.165, 1.54) is 36.4 Å². The zero-order chi connectivity index (χ0) is 45.4. The van der Waals surface area contributed by atoms with Gasteiger partial charge < -0.3 is 65.0 Å². The number of nitrogens with two attached hydrogens (primary N) is 6. The number of hydrogen-bond donors (Lipinski definition) is 12. The van der Waals surface area contributed by atoms with Gasteiger partial charge in [0.2, 0.25) is 0 Å². The van der Waals surface area contributed by atoms with Gasteiger partial charge in [0.05, 0.1) is 33.4 Å². The SMILES string of the molecule is Nc1ccccc1C(=O)O.Nc1ccccc1C(=O)O.Nc1ccccc1C(=O)O.Nc1ccccc1C(=O)O.Nc1ccccc1C(=O)O.Nc1ccccc1C(=O)O. The third kappa shape index (κ3) is 17.2. The molecule has 0 atom stereocenters. The van der Waals surface area contributed by atoms with Gasteiger partial charge in [-0.05, 0) is 72.8 Å². The van der Waals surface area contributed by atoms with Crippen LogP contribution in [0.2, 0.25) is 0 Å². The van der Waals surface area contributed by atoms with E-state index in [4.69, 9.17) is 65.0 Å². The van der Waals surface area contributed by atoms with Gasteiger partial charge in [0.15, 0.2) is 0 Å². The number of carbonyl (C=O) groups is 6. The number of carboxylic acids is 6. The van der Waals surface area contributed by atoms with Crippen molar-refractivity contribution in [2.24, 2.45) is 0 Å². The fourth-order valence-electron chi connectivity index (χ4n) is 4.15. The molecule has 6 rings (SSSR count). The van der Waals surface area contributed by atoms with Crippen molar-refractivity contribution in [2.45, 2.75) is 0 Å². The monoisotopic (exact) mass is 822 g/mol. The van der Waals surface area contributed by atoms with E-state index in [9.17, 15) is 28.8 Å². The first-order valence-corrected chi connectivity index (χ1v) is 16.8. The molecule has 0 radical (unpaired) electrons. The second-order valence-corrected chi connectivity index (χ2v) is 11.4. The molecular weight excluding hydrogens is 780 g/mol. The molecule has 0 aliphatic carbocycles. The molecule has 0 fully saturated rings. The fraction of sp³-hybridized carbons (Fsp3) is 0. The molecule has 6 aromatic rings. The quantitative estimate of drug-likeness (QED) is 0.0882. The highest BCUT2D eigenvalue weighted by Gasteiger charge is 2.07. The first-order chi connectivity index (χ1) is 28.3. The lowest BCUT2D eigenvalue weighted by Gasteiger charge is -1.96. The standard InChI is InChI=1S/6C7H7NO2/c6*8-6-4-2-1-3-5(6)7(9)10/h6*1-4H,8H2,(H,9,10). The number of carboxylic acid groups (broad SMARTS) is 6. The minimum atomic E-state index is -0.988. The fourth-order valence-corrected chi connectivity index (χ4v) is 4.15. The van der Waals surface area contributed by atoms with Gasteiger partial charge in [-0.1, -0.05) is 72.8 Å². The van der Waals surface area contributed by atoms with Gasteiger partial charge in [0.1, 0.15) is 0 Å². The van der Waals surface area contributed by atoms with Crippen LogP contribution in [0.25, 0.3) is 0 Å². The predicted molar refractivity (Wildman–Crippen MR) is 227 cm³/mol. The van der Waals surface area contributed by atoms with Crippen molar-refractivity contribution >= 4 is 69.9 Å². The van der Waals surface area contributed by atoms with Gasteiger partial charge in [-0.3, -0.25) is 0 Å². The summed E-state index contributed by atoms with van der Waals surface area (Å²) in [4.78, 5) is 62.1. The van der Waals surface area contributed by atoms with Gasteiger partial charge in [-0.25, -0.2) is 28.8 Å². The largest absolute Gasteiger partial charge is 0.478 e. The molecular formula is C42H42N6O12. The van der Waals surface area contributed by atoms with Gasteiger partial charge >= 0.3 is 35.8 Å². The summed E-state index contributed by atoms with van der Waals surface area (Å²) < 4.78 is 0. The maximum Gasteiger partial charge on any atom is 0.337 e. The first kappa shape index (κ1) is 49.0. The highest BCUT2D eigenvalue weighted by Crippen LogP contribution is 2.13. The average Bonchev–Trinajstić information content (AvgIpc) is 3.19. The molecule has 18 N–H and O–H groups in total. The van der Waals surface area contributed by atoms with Gasteiger partial charge in [0, 0.05) is 34.1 Å². The van der Waals surface area contributed by atoms with E-state index in [-0.39, 0.29) is 33.4 Å². The van der Waals surface area contributed by atoms with Gasteiger partial charge in [-0.15, -0.1) is 0 Å². The van der Waals surface area contributed by atoms with Crippen molar-refractivity contribution in [1.82, 2.24) is 0 Å². The second kappa shape index (κ2) is 25.2. The Labute approximate surface area is 342 Å². The Kier molecular flexibility index (Phi) is 20.5. The molecule has 312 valence electrons. The molecule has 0 aliphatic rings. The number of aromatic carboxylic acids is 6. The third-order valence-electron chi connectivity index (χ3n) is 7.15. The summed E-state index contributed by atoms with van der Waals surface area (Å²) in [7, 11) is 0.